The van der Waals surface area contributed by atoms with Gasteiger partial charge in [-0.05, 0) is 49.2 Å². The molecule has 0 atom stereocenters. The summed E-state index contributed by atoms with van der Waals surface area (Å²) in [6.45, 7) is 3.94. The first-order valence-electron chi connectivity index (χ1n) is 7.63. The maximum absolute atomic E-state index is 13.9. The predicted octanol–water partition coefficient (Wildman–Crippen LogP) is 3.90. The van der Waals surface area contributed by atoms with Gasteiger partial charge in [-0.2, -0.15) is 5.10 Å². The first-order chi connectivity index (χ1) is 11.5. The van der Waals surface area contributed by atoms with Crippen LogP contribution < -0.4 is 4.90 Å². The van der Waals surface area contributed by atoms with E-state index in [0.717, 1.165) is 16.8 Å². The van der Waals surface area contributed by atoms with E-state index in [0.29, 0.717) is 5.69 Å². The SMILES string of the molecule is Cc1ccc(C)c(N(C)C(=O)c2ccn(-c3ccccc3F)n2)c1. The minimum atomic E-state index is -0.387. The Bertz CT molecular complexity index is 901. The van der Waals surface area contributed by atoms with Crippen molar-refractivity contribution in [2.75, 3.05) is 11.9 Å². The van der Waals surface area contributed by atoms with Crippen molar-refractivity contribution < 1.29 is 9.18 Å². The summed E-state index contributed by atoms with van der Waals surface area (Å²) in [6, 6.07) is 13.9. The van der Waals surface area contributed by atoms with Crippen LogP contribution in [0, 0.1) is 19.7 Å². The maximum Gasteiger partial charge on any atom is 0.278 e. The number of anilines is 1. The van der Waals surface area contributed by atoms with Crippen molar-refractivity contribution in [1.82, 2.24) is 9.78 Å². The van der Waals surface area contributed by atoms with Crippen LogP contribution in [0.25, 0.3) is 5.69 Å². The van der Waals surface area contributed by atoms with Crippen LogP contribution in [0.3, 0.4) is 0 Å². The fourth-order valence-electron chi connectivity index (χ4n) is 2.57. The highest BCUT2D eigenvalue weighted by molar-refractivity contribution is 6.04. The Hall–Kier alpha value is -2.95. The van der Waals surface area contributed by atoms with Crippen LogP contribution in [0.5, 0.6) is 0 Å². The lowest BCUT2D eigenvalue weighted by Crippen LogP contribution is -2.27. The molecule has 0 aliphatic rings. The summed E-state index contributed by atoms with van der Waals surface area (Å²) in [6.07, 6.45) is 1.59. The van der Waals surface area contributed by atoms with Crippen molar-refractivity contribution in [2.24, 2.45) is 0 Å². The number of benzene rings is 2. The van der Waals surface area contributed by atoms with E-state index in [2.05, 4.69) is 5.10 Å². The largest absolute Gasteiger partial charge is 0.310 e. The number of para-hydroxylation sites is 1. The molecule has 0 saturated carbocycles. The molecule has 0 radical (unpaired) electrons. The molecule has 0 aliphatic heterocycles. The Morgan fingerprint density at radius 1 is 1.12 bits per heavy atom. The van der Waals surface area contributed by atoms with Gasteiger partial charge < -0.3 is 4.90 Å². The maximum atomic E-state index is 13.9. The number of carbonyl (C=O) groups is 1. The molecule has 1 amide bonds. The molecule has 0 saturated heterocycles. The summed E-state index contributed by atoms with van der Waals surface area (Å²) in [5, 5.41) is 4.23. The number of hydrogen-bond donors (Lipinski definition) is 0. The molecule has 5 heteroatoms. The summed E-state index contributed by atoms with van der Waals surface area (Å²) in [5.41, 5.74) is 3.49. The summed E-state index contributed by atoms with van der Waals surface area (Å²) in [7, 11) is 1.71. The molecule has 0 N–H and O–H groups in total. The monoisotopic (exact) mass is 323 g/mol. The smallest absolute Gasteiger partial charge is 0.278 e. The predicted molar refractivity (Wildman–Crippen MR) is 92.2 cm³/mol. The van der Waals surface area contributed by atoms with E-state index in [-0.39, 0.29) is 17.4 Å². The van der Waals surface area contributed by atoms with E-state index in [1.807, 2.05) is 32.0 Å². The van der Waals surface area contributed by atoms with Crippen LogP contribution in [0.1, 0.15) is 21.6 Å². The van der Waals surface area contributed by atoms with Gasteiger partial charge in [-0.25, -0.2) is 9.07 Å². The Kier molecular flexibility index (Phi) is 4.16. The molecule has 3 aromatic rings. The summed E-state index contributed by atoms with van der Waals surface area (Å²) in [4.78, 5) is 14.3. The zero-order chi connectivity index (χ0) is 17.3. The fourth-order valence-corrected chi connectivity index (χ4v) is 2.57. The van der Waals surface area contributed by atoms with Crippen LogP contribution in [-0.4, -0.2) is 22.7 Å². The van der Waals surface area contributed by atoms with Crippen molar-refractivity contribution in [3.8, 4) is 5.69 Å². The van der Waals surface area contributed by atoms with Crippen molar-refractivity contribution >= 4 is 11.6 Å². The van der Waals surface area contributed by atoms with Gasteiger partial charge in [-0.3, -0.25) is 4.79 Å². The number of rotatable bonds is 3. The quantitative estimate of drug-likeness (QED) is 0.733. The molecule has 4 nitrogen and oxygen atoms in total. The molecule has 1 heterocycles. The average Bonchev–Trinajstić information content (AvgIpc) is 3.06. The van der Waals surface area contributed by atoms with Gasteiger partial charge in [0.05, 0.1) is 0 Å². The first kappa shape index (κ1) is 15.9. The van der Waals surface area contributed by atoms with Crippen LogP contribution >= 0.6 is 0 Å². The zero-order valence-corrected chi connectivity index (χ0v) is 13.8. The Labute approximate surface area is 140 Å². The third kappa shape index (κ3) is 2.93. The normalized spacial score (nSPS) is 10.7. The van der Waals surface area contributed by atoms with Crippen LogP contribution in [0.4, 0.5) is 10.1 Å². The molecule has 24 heavy (non-hydrogen) atoms. The van der Waals surface area contributed by atoms with Gasteiger partial charge in [-0.15, -0.1) is 0 Å². The standard InChI is InChI=1S/C19H18FN3O/c1-13-8-9-14(2)18(12-13)22(3)19(24)16-10-11-23(21-16)17-7-5-4-6-15(17)20/h4-12H,1-3H3. The number of nitrogens with zero attached hydrogens (tertiary/aromatic N) is 3. The molecule has 0 unspecified atom stereocenters. The van der Waals surface area contributed by atoms with Crippen LogP contribution in [0.15, 0.2) is 54.7 Å². The van der Waals surface area contributed by atoms with Crippen LogP contribution in [0.2, 0.25) is 0 Å². The van der Waals surface area contributed by atoms with Gasteiger partial charge >= 0.3 is 0 Å². The van der Waals surface area contributed by atoms with Crippen molar-refractivity contribution in [2.45, 2.75) is 13.8 Å². The van der Waals surface area contributed by atoms with Crippen molar-refractivity contribution in [3.63, 3.8) is 0 Å². The van der Waals surface area contributed by atoms with E-state index in [4.69, 9.17) is 0 Å². The molecule has 0 fully saturated rings. The number of aromatic nitrogens is 2. The highest BCUT2D eigenvalue weighted by Crippen LogP contribution is 2.22. The Balaban J connectivity index is 1.91. The highest BCUT2D eigenvalue weighted by atomic mass is 19.1. The molecule has 122 valence electrons. The second-order valence-corrected chi connectivity index (χ2v) is 5.75. The fraction of sp³-hybridized carbons (Fsp3) is 0.158. The van der Waals surface area contributed by atoms with Gasteiger partial charge in [0.25, 0.3) is 5.91 Å². The van der Waals surface area contributed by atoms with E-state index < -0.39 is 0 Å². The molecular weight excluding hydrogens is 305 g/mol. The molecule has 3 rings (SSSR count). The average molecular weight is 323 g/mol. The zero-order valence-electron chi connectivity index (χ0n) is 13.8. The number of aryl methyl sites for hydroxylation is 2. The lowest BCUT2D eigenvalue weighted by atomic mass is 10.1. The lowest BCUT2D eigenvalue weighted by molar-refractivity contribution is 0.0987. The topological polar surface area (TPSA) is 38.1 Å². The minimum Gasteiger partial charge on any atom is -0.310 e. The highest BCUT2D eigenvalue weighted by Gasteiger charge is 2.18. The van der Waals surface area contributed by atoms with E-state index in [9.17, 15) is 9.18 Å². The van der Waals surface area contributed by atoms with E-state index >= 15 is 0 Å². The van der Waals surface area contributed by atoms with Crippen molar-refractivity contribution in [3.05, 3.63) is 77.4 Å². The molecule has 1 aromatic heterocycles. The molecule has 2 aromatic carbocycles. The summed E-state index contributed by atoms with van der Waals surface area (Å²) in [5.74, 6) is -0.624. The Morgan fingerprint density at radius 3 is 2.62 bits per heavy atom. The first-order valence-corrected chi connectivity index (χ1v) is 7.63. The number of amides is 1. The lowest BCUT2D eigenvalue weighted by Gasteiger charge is -2.19. The third-order valence-corrected chi connectivity index (χ3v) is 3.94. The van der Waals surface area contributed by atoms with Gasteiger partial charge in [0, 0.05) is 18.9 Å². The number of carbonyl (C=O) groups excluding carboxylic acids is 1. The number of hydrogen-bond acceptors (Lipinski definition) is 2. The Morgan fingerprint density at radius 2 is 1.88 bits per heavy atom. The second kappa shape index (κ2) is 6.28. The summed E-state index contributed by atoms with van der Waals surface area (Å²) < 4.78 is 15.2. The van der Waals surface area contributed by atoms with Gasteiger partial charge in [0.2, 0.25) is 0 Å². The van der Waals surface area contributed by atoms with Gasteiger partial charge in [0.15, 0.2) is 5.69 Å². The van der Waals surface area contributed by atoms with Crippen molar-refractivity contribution in [1.29, 1.82) is 0 Å². The second-order valence-electron chi connectivity index (χ2n) is 5.75. The minimum absolute atomic E-state index is 0.237. The molecule has 0 spiro atoms. The third-order valence-electron chi connectivity index (χ3n) is 3.94. The van der Waals surface area contributed by atoms with Gasteiger partial charge in [0.1, 0.15) is 11.5 Å². The molecular formula is C19H18FN3O. The number of halogens is 1. The summed E-state index contributed by atoms with van der Waals surface area (Å²) >= 11 is 0. The molecule has 0 bridgehead atoms. The van der Waals surface area contributed by atoms with Crippen LogP contribution in [-0.2, 0) is 0 Å². The molecule has 0 aliphatic carbocycles. The van der Waals surface area contributed by atoms with E-state index in [1.165, 1.54) is 10.7 Å². The van der Waals surface area contributed by atoms with E-state index in [1.54, 1.807) is 42.4 Å². The van der Waals surface area contributed by atoms with Gasteiger partial charge in [-0.1, -0.05) is 24.3 Å².